The van der Waals surface area contributed by atoms with Crippen molar-refractivity contribution >= 4 is 115 Å². The van der Waals surface area contributed by atoms with Gasteiger partial charge in [-0.2, -0.15) is 0 Å². The van der Waals surface area contributed by atoms with Crippen LogP contribution in [0.15, 0.2) is 376 Å². The highest BCUT2D eigenvalue weighted by molar-refractivity contribution is 5.95. The molecular weight excluding hydrogens is 1370 g/mol. The first-order valence-electron chi connectivity index (χ1n) is 35.2. The molecular formula is C95H67N5O10. The minimum absolute atomic E-state index is 0.128. The molecule has 0 aliphatic heterocycles. The number of carboxylic acids is 5. The van der Waals surface area contributed by atoms with Crippen LogP contribution in [0.3, 0.4) is 0 Å². The van der Waals surface area contributed by atoms with E-state index in [1.54, 1.807) is 91.0 Å². The zero-order valence-corrected chi connectivity index (χ0v) is 58.8. The summed E-state index contributed by atoms with van der Waals surface area (Å²) in [5.41, 5.74) is 19.7. The number of rotatable bonds is 24. The number of nitrogens with zero attached hydrogens (tertiary/aromatic N) is 5. The van der Waals surface area contributed by atoms with Gasteiger partial charge in [0.25, 0.3) is 0 Å². The zero-order valence-electron chi connectivity index (χ0n) is 58.8. The lowest BCUT2D eigenvalue weighted by Crippen LogP contribution is -2.11. The molecule has 0 saturated heterocycles. The number of benzene rings is 15. The molecule has 15 aromatic rings. The second-order valence-corrected chi connectivity index (χ2v) is 26.0. The Bertz CT molecular complexity index is 5530. The molecule has 0 unspecified atom stereocenters. The Balaban J connectivity index is 0.679. The molecule has 0 aromatic heterocycles. The lowest BCUT2D eigenvalue weighted by Gasteiger charge is -2.27. The Morgan fingerprint density at radius 3 is 0.409 bits per heavy atom. The predicted molar refractivity (Wildman–Crippen MR) is 436 cm³/mol. The molecule has 0 aliphatic rings. The van der Waals surface area contributed by atoms with E-state index in [1.807, 2.05) is 310 Å². The van der Waals surface area contributed by atoms with Crippen LogP contribution in [-0.2, 0) is 0 Å². The van der Waals surface area contributed by atoms with Crippen LogP contribution in [0, 0.1) is 0 Å². The fourth-order valence-electron chi connectivity index (χ4n) is 13.7. The highest BCUT2D eigenvalue weighted by Crippen LogP contribution is 2.44. The third kappa shape index (κ3) is 15.1. The van der Waals surface area contributed by atoms with Gasteiger partial charge in [0.2, 0.25) is 0 Å². The molecule has 0 saturated carbocycles. The van der Waals surface area contributed by atoms with Crippen molar-refractivity contribution in [3.63, 3.8) is 0 Å². The number of para-hydroxylation sites is 2. The summed E-state index contributed by atoms with van der Waals surface area (Å²) >= 11 is 0. The maximum atomic E-state index is 12.5. The van der Waals surface area contributed by atoms with Gasteiger partial charge in [-0.3, -0.25) is 0 Å². The SMILES string of the molecule is O=C(O)c1cccc(N(c2ccccc2)c2ccc(-c3ccc(N(c4ccc(-c5ccc(N(c6ccc(-c7ccc(N(c8ccc(-c9ccc(N(c%10ccccc%10)c%10cccc(C(=O)O)c%10)cc9)cc8)c8cccc(C(=O)O)c8)cc7)cc6)c6cccc(C(=O)O)c6)cc5)cc4)c4cccc(C(=O)O)c4)cc3)cc2)c1. The smallest absolute Gasteiger partial charge is 0.335 e. The molecule has 15 heteroatoms. The Morgan fingerprint density at radius 2 is 0.273 bits per heavy atom. The van der Waals surface area contributed by atoms with Gasteiger partial charge in [-0.25, -0.2) is 24.0 Å². The van der Waals surface area contributed by atoms with Crippen LogP contribution in [0.1, 0.15) is 51.8 Å². The van der Waals surface area contributed by atoms with E-state index in [0.717, 1.165) is 101 Å². The summed E-state index contributed by atoms with van der Waals surface area (Å²) in [4.78, 5) is 71.3. The molecule has 15 rings (SSSR count). The molecule has 15 aromatic carbocycles. The van der Waals surface area contributed by atoms with Gasteiger partial charge >= 0.3 is 29.8 Å². The van der Waals surface area contributed by atoms with Gasteiger partial charge in [0, 0.05) is 85.3 Å². The standard InChI is InChI=1S/C95H67N5O10/c101-91(102)71-12-7-21-86(58-71)96(76-17-3-1-4-18-76)78-42-26-63(27-43-78)65-30-46-80(47-31-65)98(88-23-9-14-73(60-88)93(105)106)82-50-34-67(35-51-82)69-38-54-84(55-39-69)100(90-25-11-16-75(62-90)95(109)110)85-56-40-70(41-57-85)68-36-52-83(53-37-68)99(89-24-10-15-74(61-89)94(107)108)81-48-32-66(33-49-81)64-28-44-79(45-29-64)97(77-19-5-2-6-20-77)87-22-8-13-72(59-87)92(103)104/h1-62H,(H,101,102)(H,103,104)(H,105,106)(H,107,108)(H,109,110). The van der Waals surface area contributed by atoms with Crippen LogP contribution in [0.5, 0.6) is 0 Å². The van der Waals surface area contributed by atoms with E-state index < -0.39 is 29.8 Å². The van der Waals surface area contributed by atoms with E-state index in [2.05, 4.69) is 0 Å². The molecule has 15 nitrogen and oxygen atoms in total. The average molecular weight is 1440 g/mol. The largest absolute Gasteiger partial charge is 0.478 e. The number of carboxylic acid groups (broad SMARTS) is 5. The molecule has 5 N–H and O–H groups in total. The average Bonchev–Trinajstić information content (AvgIpc) is 0.794. The normalized spacial score (nSPS) is 10.9. The summed E-state index contributed by atoms with van der Waals surface area (Å²) in [5, 5.41) is 50.1. The molecule has 110 heavy (non-hydrogen) atoms. The van der Waals surface area contributed by atoms with Gasteiger partial charge in [0.05, 0.1) is 27.8 Å². The van der Waals surface area contributed by atoms with Gasteiger partial charge in [-0.15, -0.1) is 0 Å². The maximum absolute atomic E-state index is 12.5. The van der Waals surface area contributed by atoms with Crippen LogP contribution in [0.2, 0.25) is 0 Å². The molecule has 0 spiro atoms. The van der Waals surface area contributed by atoms with E-state index >= 15 is 0 Å². The first-order valence-corrected chi connectivity index (χ1v) is 35.2. The number of hydrogen-bond acceptors (Lipinski definition) is 10. The van der Waals surface area contributed by atoms with E-state index in [9.17, 15) is 49.5 Å². The molecule has 0 amide bonds. The van der Waals surface area contributed by atoms with E-state index in [4.69, 9.17) is 0 Å². The molecule has 0 atom stereocenters. The first kappa shape index (κ1) is 70.3. The van der Waals surface area contributed by atoms with Crippen molar-refractivity contribution in [1.82, 2.24) is 0 Å². The Hall–Kier alpha value is -15.4. The number of hydrogen-bond donors (Lipinski definition) is 5. The van der Waals surface area contributed by atoms with Gasteiger partial charge in [-0.05, 0) is 257 Å². The maximum Gasteiger partial charge on any atom is 0.335 e. The second-order valence-electron chi connectivity index (χ2n) is 26.0. The molecule has 0 radical (unpaired) electrons. The fraction of sp³-hybridized carbons (Fsp3) is 0. The number of aromatic carboxylic acids is 5. The van der Waals surface area contributed by atoms with E-state index in [0.29, 0.717) is 28.4 Å². The molecule has 0 fully saturated rings. The minimum atomic E-state index is -1.06. The highest BCUT2D eigenvalue weighted by Gasteiger charge is 2.23. The van der Waals surface area contributed by atoms with Crippen LogP contribution in [0.25, 0.3) is 44.5 Å². The van der Waals surface area contributed by atoms with Crippen LogP contribution in [0.4, 0.5) is 85.3 Å². The van der Waals surface area contributed by atoms with Crippen molar-refractivity contribution < 1.29 is 49.5 Å². The van der Waals surface area contributed by atoms with Crippen molar-refractivity contribution in [1.29, 1.82) is 0 Å². The highest BCUT2D eigenvalue weighted by atomic mass is 16.4. The van der Waals surface area contributed by atoms with Crippen molar-refractivity contribution in [2.45, 2.75) is 0 Å². The molecule has 0 bridgehead atoms. The summed E-state index contributed by atoms with van der Waals surface area (Å²) < 4.78 is 0. The Kier molecular flexibility index (Phi) is 19.9. The molecule has 0 aliphatic carbocycles. The topological polar surface area (TPSA) is 203 Å². The number of anilines is 15. The molecule has 532 valence electrons. The summed E-state index contributed by atoms with van der Waals surface area (Å²) in [6.07, 6.45) is 0. The monoisotopic (exact) mass is 1440 g/mol. The zero-order chi connectivity index (χ0) is 75.8. The van der Waals surface area contributed by atoms with Crippen LogP contribution >= 0.6 is 0 Å². The van der Waals surface area contributed by atoms with Crippen LogP contribution in [-0.4, -0.2) is 55.4 Å². The predicted octanol–water partition coefficient (Wildman–Crippen LogP) is 24.2. The van der Waals surface area contributed by atoms with Gasteiger partial charge in [0.1, 0.15) is 0 Å². The van der Waals surface area contributed by atoms with Gasteiger partial charge in [0.15, 0.2) is 0 Å². The second kappa shape index (κ2) is 31.1. The van der Waals surface area contributed by atoms with Crippen molar-refractivity contribution in [3.05, 3.63) is 404 Å². The van der Waals surface area contributed by atoms with Crippen molar-refractivity contribution in [2.75, 3.05) is 24.5 Å². The third-order valence-electron chi connectivity index (χ3n) is 19.1. The lowest BCUT2D eigenvalue weighted by molar-refractivity contribution is 0.0686. The fourth-order valence-corrected chi connectivity index (χ4v) is 13.7. The van der Waals surface area contributed by atoms with E-state index in [1.165, 1.54) is 0 Å². The van der Waals surface area contributed by atoms with Crippen molar-refractivity contribution in [2.24, 2.45) is 0 Å². The minimum Gasteiger partial charge on any atom is -0.478 e. The Morgan fingerprint density at radius 1 is 0.145 bits per heavy atom. The van der Waals surface area contributed by atoms with Crippen LogP contribution < -0.4 is 24.5 Å². The summed E-state index contributed by atoms with van der Waals surface area (Å²) in [7, 11) is 0. The number of carbonyl (C=O) groups is 5. The summed E-state index contributed by atoms with van der Waals surface area (Å²) in [6, 6.07) is 118. The Labute approximate surface area is 634 Å². The quantitative estimate of drug-likeness (QED) is 0.0382. The summed E-state index contributed by atoms with van der Waals surface area (Å²) in [6.45, 7) is 0. The van der Waals surface area contributed by atoms with Crippen molar-refractivity contribution in [3.8, 4) is 44.5 Å². The van der Waals surface area contributed by atoms with E-state index in [-0.39, 0.29) is 27.8 Å². The molecule has 0 heterocycles. The van der Waals surface area contributed by atoms with Gasteiger partial charge in [-0.1, -0.05) is 164 Å². The summed E-state index contributed by atoms with van der Waals surface area (Å²) in [5.74, 6) is -5.18. The lowest BCUT2D eigenvalue weighted by atomic mass is 10.0. The third-order valence-corrected chi connectivity index (χ3v) is 19.1. The first-order chi connectivity index (χ1) is 53.6. The van der Waals surface area contributed by atoms with Gasteiger partial charge < -0.3 is 50.0 Å².